The van der Waals surface area contributed by atoms with Gasteiger partial charge in [0.15, 0.2) is 0 Å². The second kappa shape index (κ2) is 6.57. The lowest BCUT2D eigenvalue weighted by atomic mass is 10.1. The number of carbonyl (C=O) groups excluding carboxylic acids is 1. The Morgan fingerprint density at radius 1 is 1.20 bits per heavy atom. The van der Waals surface area contributed by atoms with Gasteiger partial charge in [-0.1, -0.05) is 49.1 Å². The zero-order valence-corrected chi connectivity index (χ0v) is 11.3. The smallest absolute Gasteiger partial charge is 0.339 e. The third-order valence-electron chi connectivity index (χ3n) is 2.91. The van der Waals surface area contributed by atoms with Crippen molar-refractivity contribution in [3.63, 3.8) is 0 Å². The van der Waals surface area contributed by atoms with Gasteiger partial charge < -0.3 is 9.47 Å². The van der Waals surface area contributed by atoms with E-state index in [1.165, 1.54) is 0 Å². The monoisotopic (exact) mass is 268 g/mol. The van der Waals surface area contributed by atoms with Crippen molar-refractivity contribution < 1.29 is 14.3 Å². The maximum atomic E-state index is 12.1. The molecule has 0 amide bonds. The number of esters is 1. The van der Waals surface area contributed by atoms with E-state index in [2.05, 4.69) is 6.58 Å². The van der Waals surface area contributed by atoms with E-state index in [0.29, 0.717) is 11.3 Å². The van der Waals surface area contributed by atoms with Crippen molar-refractivity contribution in [2.45, 2.75) is 6.61 Å². The molecule has 0 radical (unpaired) electrons. The van der Waals surface area contributed by atoms with Crippen molar-refractivity contribution >= 4 is 12.0 Å². The first-order valence-electron chi connectivity index (χ1n) is 6.26. The van der Waals surface area contributed by atoms with Crippen molar-refractivity contribution in [1.29, 1.82) is 0 Å². The van der Waals surface area contributed by atoms with Crippen LogP contribution in [0.3, 0.4) is 0 Å². The number of ether oxygens (including phenoxy) is 2. The Morgan fingerprint density at radius 3 is 2.60 bits per heavy atom. The molecule has 2 aromatic carbocycles. The zero-order valence-electron chi connectivity index (χ0n) is 11.3. The highest BCUT2D eigenvalue weighted by Crippen LogP contribution is 2.20. The molecular weight excluding hydrogens is 252 g/mol. The largest absolute Gasteiger partial charge is 0.497 e. The molecule has 0 saturated heterocycles. The molecular formula is C17H16O3. The van der Waals surface area contributed by atoms with Gasteiger partial charge in [-0.2, -0.15) is 0 Å². The summed E-state index contributed by atoms with van der Waals surface area (Å²) in [7, 11) is 1.56. The molecule has 0 unspecified atom stereocenters. The predicted octanol–water partition coefficient (Wildman–Crippen LogP) is 3.70. The highest BCUT2D eigenvalue weighted by atomic mass is 16.5. The number of benzene rings is 2. The summed E-state index contributed by atoms with van der Waals surface area (Å²) in [6, 6.07) is 14.8. The summed E-state index contributed by atoms with van der Waals surface area (Å²) >= 11 is 0. The minimum atomic E-state index is -0.386. The van der Waals surface area contributed by atoms with E-state index in [4.69, 9.17) is 9.47 Å². The van der Waals surface area contributed by atoms with Crippen LogP contribution in [0.1, 0.15) is 21.5 Å². The lowest BCUT2D eigenvalue weighted by molar-refractivity contribution is 0.0472. The summed E-state index contributed by atoms with van der Waals surface area (Å²) in [6.07, 6.45) is 1.62. The van der Waals surface area contributed by atoms with E-state index in [-0.39, 0.29) is 12.6 Å². The molecule has 3 heteroatoms. The Morgan fingerprint density at radius 2 is 1.95 bits per heavy atom. The molecule has 2 aromatic rings. The quantitative estimate of drug-likeness (QED) is 0.776. The fourth-order valence-corrected chi connectivity index (χ4v) is 1.82. The van der Waals surface area contributed by atoms with E-state index < -0.39 is 0 Å². The fraction of sp³-hybridized carbons (Fsp3) is 0.118. The van der Waals surface area contributed by atoms with Gasteiger partial charge in [-0.25, -0.2) is 4.79 Å². The van der Waals surface area contributed by atoms with Crippen molar-refractivity contribution in [2.24, 2.45) is 0 Å². The van der Waals surface area contributed by atoms with Gasteiger partial charge in [0.05, 0.1) is 12.7 Å². The van der Waals surface area contributed by atoms with Crippen LogP contribution in [0.5, 0.6) is 5.75 Å². The lowest BCUT2D eigenvalue weighted by Gasteiger charge is -2.09. The molecule has 2 rings (SSSR count). The average molecular weight is 268 g/mol. The summed E-state index contributed by atoms with van der Waals surface area (Å²) in [4.78, 5) is 12.1. The molecule has 0 saturated carbocycles. The van der Waals surface area contributed by atoms with Crippen LogP contribution < -0.4 is 4.74 Å². The molecule has 0 aliphatic heterocycles. The first kappa shape index (κ1) is 13.9. The molecule has 0 bridgehead atoms. The maximum Gasteiger partial charge on any atom is 0.339 e. The summed E-state index contributed by atoms with van der Waals surface area (Å²) in [5, 5.41) is 0. The molecule has 102 valence electrons. The van der Waals surface area contributed by atoms with Crippen LogP contribution in [0.2, 0.25) is 0 Å². The topological polar surface area (TPSA) is 35.5 Å². The van der Waals surface area contributed by atoms with Gasteiger partial charge in [0.2, 0.25) is 0 Å². The van der Waals surface area contributed by atoms with Crippen molar-refractivity contribution in [2.75, 3.05) is 7.11 Å². The maximum absolute atomic E-state index is 12.1. The fourth-order valence-electron chi connectivity index (χ4n) is 1.82. The Bertz CT molecular complexity index is 603. The van der Waals surface area contributed by atoms with Crippen LogP contribution in [0, 0.1) is 0 Å². The molecule has 0 atom stereocenters. The molecule has 0 aliphatic rings. The Hall–Kier alpha value is -2.55. The van der Waals surface area contributed by atoms with Gasteiger partial charge in [0.25, 0.3) is 0 Å². The van der Waals surface area contributed by atoms with Crippen LogP contribution in [-0.4, -0.2) is 13.1 Å². The summed E-state index contributed by atoms with van der Waals surface area (Å²) in [5.41, 5.74) is 2.13. The standard InChI is InChI=1S/C17H16O3/c1-3-14-9-10-15(19-2)11-16(14)17(18)20-12-13-7-5-4-6-8-13/h3-11H,1,12H2,2H3. The second-order valence-electron chi connectivity index (χ2n) is 4.22. The van der Waals surface area contributed by atoms with E-state index in [9.17, 15) is 4.79 Å². The van der Waals surface area contributed by atoms with E-state index in [1.807, 2.05) is 30.3 Å². The molecule has 0 N–H and O–H groups in total. The molecule has 3 nitrogen and oxygen atoms in total. The summed E-state index contributed by atoms with van der Waals surface area (Å²) in [5.74, 6) is 0.227. The van der Waals surface area contributed by atoms with E-state index in [1.54, 1.807) is 31.4 Å². The average Bonchev–Trinajstić information content (AvgIpc) is 2.52. The van der Waals surface area contributed by atoms with Gasteiger partial charge in [0, 0.05) is 0 Å². The minimum absolute atomic E-state index is 0.244. The summed E-state index contributed by atoms with van der Waals surface area (Å²) < 4.78 is 10.4. The minimum Gasteiger partial charge on any atom is -0.497 e. The van der Waals surface area contributed by atoms with E-state index in [0.717, 1.165) is 11.1 Å². The number of methoxy groups -OCH3 is 1. The second-order valence-corrected chi connectivity index (χ2v) is 4.22. The van der Waals surface area contributed by atoms with Crippen molar-refractivity contribution in [3.8, 4) is 5.75 Å². The first-order valence-corrected chi connectivity index (χ1v) is 6.26. The molecule has 0 aromatic heterocycles. The third-order valence-corrected chi connectivity index (χ3v) is 2.91. The van der Waals surface area contributed by atoms with E-state index >= 15 is 0 Å². The number of rotatable bonds is 5. The zero-order chi connectivity index (χ0) is 14.4. The highest BCUT2D eigenvalue weighted by molar-refractivity contribution is 5.94. The van der Waals surface area contributed by atoms with Crippen LogP contribution in [0.25, 0.3) is 6.08 Å². The molecule has 0 fully saturated rings. The Balaban J connectivity index is 2.14. The van der Waals surface area contributed by atoms with Gasteiger partial charge in [-0.05, 0) is 23.3 Å². The van der Waals surface area contributed by atoms with Gasteiger partial charge >= 0.3 is 5.97 Å². The summed E-state index contributed by atoms with van der Waals surface area (Å²) in [6.45, 7) is 3.94. The first-order chi connectivity index (χ1) is 9.74. The predicted molar refractivity (Wildman–Crippen MR) is 78.6 cm³/mol. The molecule has 0 heterocycles. The SMILES string of the molecule is C=Cc1ccc(OC)cc1C(=O)OCc1ccccc1. The van der Waals surface area contributed by atoms with Gasteiger partial charge in [-0.15, -0.1) is 0 Å². The molecule has 20 heavy (non-hydrogen) atoms. The molecule has 0 spiro atoms. The number of hydrogen-bond acceptors (Lipinski definition) is 3. The normalized spacial score (nSPS) is 9.85. The third kappa shape index (κ3) is 3.26. The number of carbonyl (C=O) groups is 1. The molecule has 0 aliphatic carbocycles. The lowest BCUT2D eigenvalue weighted by Crippen LogP contribution is -2.07. The van der Waals surface area contributed by atoms with Gasteiger partial charge in [0.1, 0.15) is 12.4 Å². The van der Waals surface area contributed by atoms with Crippen LogP contribution in [-0.2, 0) is 11.3 Å². The Labute approximate surface area is 118 Å². The van der Waals surface area contributed by atoms with Crippen molar-refractivity contribution in [3.05, 3.63) is 71.8 Å². The Kier molecular flexibility index (Phi) is 4.56. The number of hydrogen-bond donors (Lipinski definition) is 0. The van der Waals surface area contributed by atoms with Crippen LogP contribution in [0.4, 0.5) is 0 Å². The van der Waals surface area contributed by atoms with Crippen LogP contribution >= 0.6 is 0 Å². The van der Waals surface area contributed by atoms with Crippen molar-refractivity contribution in [1.82, 2.24) is 0 Å². The highest BCUT2D eigenvalue weighted by Gasteiger charge is 2.12. The van der Waals surface area contributed by atoms with Crippen LogP contribution in [0.15, 0.2) is 55.1 Å². The van der Waals surface area contributed by atoms with Gasteiger partial charge in [-0.3, -0.25) is 0 Å².